The minimum atomic E-state index is 0.122. The minimum Gasteiger partial charge on any atom is -0.356 e. The molecule has 0 bridgehead atoms. The maximum Gasteiger partial charge on any atom is 0.221 e. The smallest absolute Gasteiger partial charge is 0.221 e. The van der Waals surface area contributed by atoms with Crippen molar-refractivity contribution < 1.29 is 4.79 Å². The molecule has 0 aromatic carbocycles. The summed E-state index contributed by atoms with van der Waals surface area (Å²) >= 11 is 5.19. The van der Waals surface area contributed by atoms with Crippen molar-refractivity contribution in [3.05, 3.63) is 20.8 Å². The number of carbonyl (C=O) groups excluding carboxylic acids is 1. The van der Waals surface area contributed by atoms with Crippen molar-refractivity contribution in [3.8, 4) is 0 Å². The van der Waals surface area contributed by atoms with Gasteiger partial charge in [0.1, 0.15) is 0 Å². The van der Waals surface area contributed by atoms with Gasteiger partial charge < -0.3 is 10.6 Å². The van der Waals surface area contributed by atoms with Gasteiger partial charge in [-0.3, -0.25) is 4.79 Å². The molecule has 0 aliphatic rings. The average Bonchev–Trinajstić information content (AvgIpc) is 2.68. The molecule has 1 aromatic rings. The number of amides is 1. The zero-order valence-corrected chi connectivity index (χ0v) is 12.7. The Morgan fingerprint density at radius 2 is 2.29 bits per heavy atom. The Bertz CT molecular complexity index is 352. The molecule has 1 rings (SSSR count). The SMILES string of the molecule is CC(C)CNC(=O)CCNCc1sccc1Br. The van der Waals surface area contributed by atoms with Gasteiger partial charge in [-0.1, -0.05) is 13.8 Å². The van der Waals surface area contributed by atoms with E-state index in [-0.39, 0.29) is 5.91 Å². The Morgan fingerprint density at radius 3 is 2.88 bits per heavy atom. The molecular formula is C12H19BrN2OS. The molecule has 0 unspecified atom stereocenters. The summed E-state index contributed by atoms with van der Waals surface area (Å²) in [5.74, 6) is 0.630. The van der Waals surface area contributed by atoms with Crippen LogP contribution in [0.25, 0.3) is 0 Å². The highest BCUT2D eigenvalue weighted by molar-refractivity contribution is 9.10. The molecule has 1 heterocycles. The molecule has 3 nitrogen and oxygen atoms in total. The van der Waals surface area contributed by atoms with E-state index in [0.29, 0.717) is 18.9 Å². The van der Waals surface area contributed by atoms with Crippen molar-refractivity contribution in [1.82, 2.24) is 10.6 Å². The third kappa shape index (κ3) is 6.19. The van der Waals surface area contributed by atoms with Gasteiger partial charge in [0.15, 0.2) is 0 Å². The molecule has 17 heavy (non-hydrogen) atoms. The van der Waals surface area contributed by atoms with E-state index in [2.05, 4.69) is 45.8 Å². The monoisotopic (exact) mass is 318 g/mol. The van der Waals surface area contributed by atoms with Crippen molar-refractivity contribution in [2.75, 3.05) is 13.1 Å². The third-order valence-corrected chi connectivity index (χ3v) is 4.14. The van der Waals surface area contributed by atoms with E-state index < -0.39 is 0 Å². The zero-order valence-electron chi connectivity index (χ0n) is 10.3. The summed E-state index contributed by atoms with van der Waals surface area (Å²) in [5.41, 5.74) is 0. The number of carbonyl (C=O) groups is 1. The average molecular weight is 319 g/mol. The number of hydrogen-bond acceptors (Lipinski definition) is 3. The molecule has 0 aliphatic heterocycles. The lowest BCUT2D eigenvalue weighted by molar-refractivity contribution is -0.121. The lowest BCUT2D eigenvalue weighted by Crippen LogP contribution is -2.30. The topological polar surface area (TPSA) is 41.1 Å². The highest BCUT2D eigenvalue weighted by atomic mass is 79.9. The van der Waals surface area contributed by atoms with E-state index in [9.17, 15) is 4.79 Å². The van der Waals surface area contributed by atoms with Crippen molar-refractivity contribution >= 4 is 33.2 Å². The van der Waals surface area contributed by atoms with Crippen LogP contribution in [-0.2, 0) is 11.3 Å². The molecule has 0 aliphatic carbocycles. The predicted octanol–water partition coefficient (Wildman–Crippen LogP) is 2.76. The first-order chi connectivity index (χ1) is 8.09. The van der Waals surface area contributed by atoms with E-state index in [1.54, 1.807) is 11.3 Å². The fraction of sp³-hybridized carbons (Fsp3) is 0.583. The van der Waals surface area contributed by atoms with Crippen LogP contribution in [0.2, 0.25) is 0 Å². The van der Waals surface area contributed by atoms with Gasteiger partial charge in [-0.05, 0) is 33.3 Å². The third-order valence-electron chi connectivity index (χ3n) is 2.21. The fourth-order valence-electron chi connectivity index (χ4n) is 1.26. The summed E-state index contributed by atoms with van der Waals surface area (Å²) in [7, 11) is 0. The van der Waals surface area contributed by atoms with E-state index >= 15 is 0 Å². The molecule has 0 radical (unpaired) electrons. The van der Waals surface area contributed by atoms with E-state index in [1.807, 2.05) is 6.07 Å². The number of rotatable bonds is 7. The van der Waals surface area contributed by atoms with Crippen molar-refractivity contribution in [3.63, 3.8) is 0 Å². The summed E-state index contributed by atoms with van der Waals surface area (Å²) in [6, 6.07) is 2.04. The van der Waals surface area contributed by atoms with Crippen LogP contribution in [-0.4, -0.2) is 19.0 Å². The second-order valence-electron chi connectivity index (χ2n) is 4.32. The van der Waals surface area contributed by atoms with Gasteiger partial charge in [0.2, 0.25) is 5.91 Å². The number of halogens is 1. The van der Waals surface area contributed by atoms with Crippen molar-refractivity contribution in [2.45, 2.75) is 26.8 Å². The molecule has 0 saturated carbocycles. The Balaban J connectivity index is 2.08. The second-order valence-corrected chi connectivity index (χ2v) is 6.17. The molecule has 0 spiro atoms. The first-order valence-corrected chi connectivity index (χ1v) is 7.46. The van der Waals surface area contributed by atoms with Gasteiger partial charge >= 0.3 is 0 Å². The van der Waals surface area contributed by atoms with E-state index in [4.69, 9.17) is 0 Å². The molecule has 2 N–H and O–H groups in total. The van der Waals surface area contributed by atoms with E-state index in [1.165, 1.54) is 4.88 Å². The Labute approximate surface area is 115 Å². The normalized spacial score (nSPS) is 10.8. The maximum absolute atomic E-state index is 11.4. The van der Waals surface area contributed by atoms with Crippen LogP contribution in [0, 0.1) is 5.92 Å². The highest BCUT2D eigenvalue weighted by Crippen LogP contribution is 2.21. The van der Waals surface area contributed by atoms with Gasteiger partial charge in [0.05, 0.1) is 0 Å². The van der Waals surface area contributed by atoms with Crippen LogP contribution in [0.4, 0.5) is 0 Å². The molecule has 0 atom stereocenters. The Morgan fingerprint density at radius 1 is 1.53 bits per heavy atom. The molecule has 1 aromatic heterocycles. The summed E-state index contributed by atoms with van der Waals surface area (Å²) in [4.78, 5) is 12.7. The maximum atomic E-state index is 11.4. The number of hydrogen-bond donors (Lipinski definition) is 2. The lowest BCUT2D eigenvalue weighted by Gasteiger charge is -2.08. The summed E-state index contributed by atoms with van der Waals surface area (Å²) in [6.07, 6.45) is 0.537. The van der Waals surface area contributed by atoms with Crippen LogP contribution in [0.3, 0.4) is 0 Å². The first kappa shape index (κ1) is 14.7. The Hall–Kier alpha value is -0.390. The minimum absolute atomic E-state index is 0.122. The van der Waals surface area contributed by atoms with Gasteiger partial charge in [0, 0.05) is 35.4 Å². The van der Waals surface area contributed by atoms with Crippen molar-refractivity contribution in [2.24, 2.45) is 5.92 Å². The molecule has 0 saturated heterocycles. The van der Waals surface area contributed by atoms with Crippen LogP contribution >= 0.6 is 27.3 Å². The van der Waals surface area contributed by atoms with E-state index in [0.717, 1.165) is 17.6 Å². The highest BCUT2D eigenvalue weighted by Gasteiger charge is 2.03. The number of nitrogens with one attached hydrogen (secondary N) is 2. The quantitative estimate of drug-likeness (QED) is 0.759. The van der Waals surface area contributed by atoms with Crippen LogP contribution < -0.4 is 10.6 Å². The summed E-state index contributed by atoms with van der Waals surface area (Å²) in [5, 5.41) is 8.22. The molecule has 5 heteroatoms. The standard InChI is InChI=1S/C12H19BrN2OS/c1-9(2)7-15-12(16)3-5-14-8-11-10(13)4-6-17-11/h4,6,9,14H,3,5,7-8H2,1-2H3,(H,15,16). The summed E-state index contributed by atoms with van der Waals surface area (Å²) < 4.78 is 1.14. The largest absolute Gasteiger partial charge is 0.356 e. The van der Waals surface area contributed by atoms with Gasteiger partial charge in [0.25, 0.3) is 0 Å². The predicted molar refractivity (Wildman–Crippen MR) is 76.2 cm³/mol. The van der Waals surface area contributed by atoms with Gasteiger partial charge in [-0.15, -0.1) is 11.3 Å². The molecule has 1 amide bonds. The fourth-order valence-corrected chi connectivity index (χ4v) is 2.72. The van der Waals surface area contributed by atoms with Gasteiger partial charge in [-0.25, -0.2) is 0 Å². The van der Waals surface area contributed by atoms with Crippen LogP contribution in [0.15, 0.2) is 15.9 Å². The van der Waals surface area contributed by atoms with Crippen molar-refractivity contribution in [1.29, 1.82) is 0 Å². The Kier molecular flexibility index (Phi) is 6.77. The molecule has 96 valence electrons. The second kappa shape index (κ2) is 7.84. The lowest BCUT2D eigenvalue weighted by atomic mass is 10.2. The molecule has 0 fully saturated rings. The summed E-state index contributed by atoms with van der Waals surface area (Å²) in [6.45, 7) is 6.47. The van der Waals surface area contributed by atoms with Gasteiger partial charge in [-0.2, -0.15) is 0 Å². The first-order valence-electron chi connectivity index (χ1n) is 5.79. The van der Waals surface area contributed by atoms with Crippen LogP contribution in [0.5, 0.6) is 0 Å². The zero-order chi connectivity index (χ0) is 12.7. The molecular weight excluding hydrogens is 300 g/mol. The van der Waals surface area contributed by atoms with Crippen LogP contribution in [0.1, 0.15) is 25.1 Å². The number of thiophene rings is 1.